The highest BCUT2D eigenvalue weighted by atomic mass is 32.2. The molecule has 1 unspecified atom stereocenters. The van der Waals surface area contributed by atoms with Crippen LogP contribution in [0.4, 0.5) is 25.0 Å². The van der Waals surface area contributed by atoms with E-state index >= 15 is 0 Å². The van der Waals surface area contributed by atoms with Crippen molar-refractivity contribution in [1.29, 1.82) is 0 Å². The van der Waals surface area contributed by atoms with Crippen LogP contribution < -0.4 is 19.7 Å². The second-order valence-electron chi connectivity index (χ2n) is 7.75. The Morgan fingerprint density at radius 1 is 1.11 bits per heavy atom. The fraction of sp³-hybridized carbons (Fsp3) is 0.160. The van der Waals surface area contributed by atoms with Crippen LogP contribution in [-0.4, -0.2) is 30.5 Å². The normalized spacial score (nSPS) is 11.1. The van der Waals surface area contributed by atoms with E-state index in [2.05, 4.69) is 19.7 Å². The topological polar surface area (TPSA) is 86.4 Å². The Hall–Kier alpha value is -3.70. The van der Waals surface area contributed by atoms with E-state index in [9.17, 15) is 18.4 Å². The van der Waals surface area contributed by atoms with Crippen LogP contribution in [0.2, 0.25) is 0 Å². The zero-order valence-corrected chi connectivity index (χ0v) is 21.2. The fourth-order valence-electron chi connectivity index (χ4n) is 3.15. The van der Waals surface area contributed by atoms with Gasteiger partial charge in [-0.1, -0.05) is 18.2 Å². The van der Waals surface area contributed by atoms with Crippen molar-refractivity contribution in [3.8, 4) is 0 Å². The molecule has 0 fully saturated rings. The van der Waals surface area contributed by atoms with Crippen LogP contribution in [-0.2, 0) is 11.2 Å². The number of fused-ring (bicyclic) bond motifs is 1. The standard InChI is InChI=1S/C16H17F2N3OS.C9H8N2OS/c1-11(7-12-8-13(17)10-14(18)9-12)19-16(22)21-23-20-15-5-3-2-4-6-15;1-11(6-12)7-2-3-9-8(4-7)10-5-13-9/h2-6,8-11,20H,7H2,1H3,(H2,19,21,22);2-6H,1H3. The molecule has 0 aliphatic carbocycles. The van der Waals surface area contributed by atoms with E-state index < -0.39 is 11.6 Å². The maximum atomic E-state index is 13.1. The third-order valence-electron chi connectivity index (χ3n) is 4.81. The molecule has 4 rings (SSSR count). The molecule has 0 aliphatic heterocycles. The summed E-state index contributed by atoms with van der Waals surface area (Å²) in [4.78, 5) is 27.9. The highest BCUT2D eigenvalue weighted by Gasteiger charge is 2.10. The van der Waals surface area contributed by atoms with Crippen LogP contribution in [0.15, 0.2) is 72.2 Å². The predicted octanol–water partition coefficient (Wildman–Crippen LogP) is 5.76. The van der Waals surface area contributed by atoms with Gasteiger partial charge < -0.3 is 14.9 Å². The second kappa shape index (κ2) is 13.4. The number of carbonyl (C=O) groups excluding carboxylic acids is 2. The number of nitrogens with one attached hydrogen (secondary N) is 3. The van der Waals surface area contributed by atoms with Gasteiger partial charge in [0.15, 0.2) is 0 Å². The molecular weight excluding hydrogens is 504 g/mol. The summed E-state index contributed by atoms with van der Waals surface area (Å²) in [5.74, 6) is -1.25. The van der Waals surface area contributed by atoms with Crippen molar-refractivity contribution in [1.82, 2.24) is 15.0 Å². The lowest BCUT2D eigenvalue weighted by atomic mass is 10.1. The Morgan fingerprint density at radius 3 is 2.53 bits per heavy atom. The molecule has 0 saturated heterocycles. The molecule has 0 spiro atoms. The molecule has 11 heteroatoms. The molecule has 7 nitrogen and oxygen atoms in total. The fourth-order valence-corrected chi connectivity index (χ4v) is 4.27. The highest BCUT2D eigenvalue weighted by Crippen LogP contribution is 2.22. The number of rotatable bonds is 8. The maximum absolute atomic E-state index is 13.1. The van der Waals surface area contributed by atoms with Crippen molar-refractivity contribution in [2.45, 2.75) is 19.4 Å². The van der Waals surface area contributed by atoms with Crippen LogP contribution in [0.3, 0.4) is 0 Å². The summed E-state index contributed by atoms with van der Waals surface area (Å²) in [7, 11) is 1.72. The molecule has 36 heavy (non-hydrogen) atoms. The van der Waals surface area contributed by atoms with Gasteiger partial charge in [0.2, 0.25) is 6.41 Å². The van der Waals surface area contributed by atoms with Crippen molar-refractivity contribution in [3.63, 3.8) is 0 Å². The molecule has 1 aromatic heterocycles. The number of carbonyl (C=O) groups is 2. The zero-order valence-electron chi connectivity index (χ0n) is 19.6. The average Bonchev–Trinajstić information content (AvgIpc) is 3.32. The SMILES string of the molecule is CC(Cc1cc(F)cc(F)c1)NC(=O)NSNc1ccccc1.CN(C=O)c1ccc2scnc2c1. The second-order valence-corrected chi connectivity index (χ2v) is 9.25. The van der Waals surface area contributed by atoms with Crippen LogP contribution in [0.25, 0.3) is 10.2 Å². The number of benzene rings is 3. The lowest BCUT2D eigenvalue weighted by Gasteiger charge is -2.14. The van der Waals surface area contributed by atoms with E-state index in [1.165, 1.54) is 17.0 Å². The number of aromatic nitrogens is 1. The summed E-state index contributed by atoms with van der Waals surface area (Å²) in [6, 6.07) is 17.9. The van der Waals surface area contributed by atoms with Crippen LogP contribution >= 0.6 is 23.5 Å². The minimum atomic E-state index is -0.626. The van der Waals surface area contributed by atoms with Gasteiger partial charge in [-0.3, -0.25) is 9.52 Å². The Kier molecular flexibility index (Phi) is 10.0. The molecule has 1 heterocycles. The molecule has 3 aromatic carbocycles. The Bertz CT molecular complexity index is 1270. The summed E-state index contributed by atoms with van der Waals surface area (Å²) in [6.07, 6.45) is 1.12. The summed E-state index contributed by atoms with van der Waals surface area (Å²) < 4.78 is 32.9. The average molecular weight is 530 g/mol. The molecule has 0 aliphatic rings. The minimum absolute atomic E-state index is 0.270. The molecule has 0 saturated carbocycles. The molecule has 0 radical (unpaired) electrons. The Labute approximate surface area is 216 Å². The van der Waals surface area contributed by atoms with Crippen molar-refractivity contribution in [2.24, 2.45) is 0 Å². The zero-order chi connectivity index (χ0) is 25.9. The lowest BCUT2D eigenvalue weighted by Crippen LogP contribution is -2.39. The van der Waals surface area contributed by atoms with Crippen LogP contribution in [0.5, 0.6) is 0 Å². The van der Waals surface area contributed by atoms with E-state index in [4.69, 9.17) is 0 Å². The first-order valence-electron chi connectivity index (χ1n) is 10.8. The summed E-state index contributed by atoms with van der Waals surface area (Å²) in [5, 5.41) is 2.70. The number of urea groups is 1. The van der Waals surface area contributed by atoms with Gasteiger partial charge in [0.25, 0.3) is 0 Å². The van der Waals surface area contributed by atoms with Crippen LogP contribution in [0, 0.1) is 11.6 Å². The first-order valence-corrected chi connectivity index (χ1v) is 12.5. The number of hydrogen-bond acceptors (Lipinski definition) is 6. The highest BCUT2D eigenvalue weighted by molar-refractivity contribution is 7.99. The van der Waals surface area contributed by atoms with Crippen molar-refractivity contribution >= 4 is 57.5 Å². The monoisotopic (exact) mass is 529 g/mol. The van der Waals surface area contributed by atoms with E-state index in [0.717, 1.165) is 46.2 Å². The number of nitrogens with zero attached hydrogens (tertiary/aromatic N) is 2. The number of thiazole rings is 1. The Balaban J connectivity index is 0.000000233. The number of anilines is 2. The number of amides is 3. The van der Waals surface area contributed by atoms with Crippen LogP contribution in [0.1, 0.15) is 12.5 Å². The lowest BCUT2D eigenvalue weighted by molar-refractivity contribution is -0.107. The molecule has 4 aromatic rings. The van der Waals surface area contributed by atoms with Crippen molar-refractivity contribution < 1.29 is 18.4 Å². The van der Waals surface area contributed by atoms with Crippen molar-refractivity contribution in [2.75, 3.05) is 16.7 Å². The van der Waals surface area contributed by atoms with E-state index in [-0.39, 0.29) is 12.1 Å². The first-order chi connectivity index (χ1) is 17.3. The summed E-state index contributed by atoms with van der Waals surface area (Å²) in [6.45, 7) is 1.76. The molecule has 0 bridgehead atoms. The number of hydrogen-bond donors (Lipinski definition) is 3. The third-order valence-corrected chi connectivity index (χ3v) is 6.24. The smallest absolute Gasteiger partial charge is 0.326 e. The molecular formula is C25H25F2N5O2S2. The number of halogens is 2. The minimum Gasteiger partial charge on any atom is -0.335 e. The van der Waals surface area contributed by atoms with E-state index in [0.29, 0.717) is 12.0 Å². The van der Waals surface area contributed by atoms with Gasteiger partial charge in [0.05, 0.1) is 27.9 Å². The van der Waals surface area contributed by atoms with Crippen molar-refractivity contribution in [3.05, 3.63) is 89.4 Å². The quantitative estimate of drug-likeness (QED) is 0.200. The first kappa shape index (κ1) is 26.9. The van der Waals surface area contributed by atoms with Gasteiger partial charge in [-0.2, -0.15) is 0 Å². The van der Waals surface area contributed by atoms with Gasteiger partial charge in [0.1, 0.15) is 11.6 Å². The molecule has 1 atom stereocenters. The maximum Gasteiger partial charge on any atom is 0.326 e. The summed E-state index contributed by atoms with van der Waals surface area (Å²) in [5.41, 5.74) is 4.96. The van der Waals surface area contributed by atoms with E-state index in [1.807, 2.05) is 48.5 Å². The Morgan fingerprint density at radius 2 is 1.83 bits per heavy atom. The van der Waals surface area contributed by atoms with E-state index in [1.54, 1.807) is 30.8 Å². The molecule has 188 valence electrons. The van der Waals surface area contributed by atoms with Gasteiger partial charge in [0, 0.05) is 30.5 Å². The largest absolute Gasteiger partial charge is 0.335 e. The third kappa shape index (κ3) is 8.51. The number of para-hydroxylation sites is 1. The van der Waals surface area contributed by atoms with Gasteiger partial charge in [-0.25, -0.2) is 18.6 Å². The van der Waals surface area contributed by atoms with Gasteiger partial charge in [-0.05, 0) is 61.4 Å². The molecule has 3 N–H and O–H groups in total. The van der Waals surface area contributed by atoms with Gasteiger partial charge >= 0.3 is 6.03 Å². The predicted molar refractivity (Wildman–Crippen MR) is 143 cm³/mol. The summed E-state index contributed by atoms with van der Waals surface area (Å²) >= 11 is 2.63. The molecule has 3 amide bonds. The van der Waals surface area contributed by atoms with Gasteiger partial charge in [-0.15, -0.1) is 11.3 Å².